The number of unbranched alkanes of at least 4 members (excludes halogenated alkanes) is 4. The van der Waals surface area contributed by atoms with Gasteiger partial charge in [-0.2, -0.15) is 0 Å². The molecule has 208 valence electrons. The van der Waals surface area contributed by atoms with Crippen LogP contribution in [0.1, 0.15) is 61.9 Å². The van der Waals surface area contributed by atoms with Gasteiger partial charge in [-0.1, -0.05) is 69.0 Å². The molecule has 8 nitrogen and oxygen atoms in total. The summed E-state index contributed by atoms with van der Waals surface area (Å²) in [6.45, 7) is 3.72. The molecule has 2 aliphatic rings. The standard InChI is InChI=1S/C31H40N4O4/c1-3-4-5-6-7-16-39-27-14-12-23(13-15-27)25-18-33-29(34-19-25)24-10-8-22(9-11-24)17-28(32)30(36)35-20-26(21-35)31(37)38-2/h8-15,18-19,26,28-29,33H,3-7,16-17,20-21,32H2,1-2H3/t28-,29?/m0/s1. The van der Waals surface area contributed by atoms with Gasteiger partial charge in [0.2, 0.25) is 5.91 Å². The highest BCUT2D eigenvalue weighted by Crippen LogP contribution is 2.24. The van der Waals surface area contributed by atoms with Crippen LogP contribution in [0.5, 0.6) is 5.75 Å². The fraction of sp³-hybridized carbons (Fsp3) is 0.452. The van der Waals surface area contributed by atoms with Crippen molar-refractivity contribution in [3.05, 3.63) is 71.4 Å². The summed E-state index contributed by atoms with van der Waals surface area (Å²) in [6.07, 6.45) is 10.3. The summed E-state index contributed by atoms with van der Waals surface area (Å²) in [5.74, 6) is 0.227. The summed E-state index contributed by atoms with van der Waals surface area (Å²) in [7, 11) is 1.36. The van der Waals surface area contributed by atoms with Crippen molar-refractivity contribution in [3.63, 3.8) is 0 Å². The van der Waals surface area contributed by atoms with Crippen LogP contribution in [-0.2, 0) is 20.7 Å². The van der Waals surface area contributed by atoms with E-state index in [4.69, 9.17) is 20.2 Å². The van der Waals surface area contributed by atoms with Gasteiger partial charge in [0.15, 0.2) is 0 Å². The number of nitrogens with one attached hydrogen (secondary N) is 1. The molecule has 2 aliphatic heterocycles. The second-order valence-electron chi connectivity index (χ2n) is 10.2. The number of hydrogen-bond acceptors (Lipinski definition) is 7. The molecule has 2 heterocycles. The van der Waals surface area contributed by atoms with Gasteiger partial charge in [-0.3, -0.25) is 14.6 Å². The zero-order chi connectivity index (χ0) is 27.6. The van der Waals surface area contributed by atoms with Crippen molar-refractivity contribution in [1.82, 2.24) is 10.2 Å². The molecule has 1 unspecified atom stereocenters. The van der Waals surface area contributed by atoms with E-state index in [9.17, 15) is 9.59 Å². The largest absolute Gasteiger partial charge is 0.494 e. The Kier molecular flexibility index (Phi) is 10.1. The number of carbonyl (C=O) groups is 2. The Morgan fingerprint density at radius 3 is 2.41 bits per heavy atom. The molecule has 1 saturated heterocycles. The van der Waals surface area contributed by atoms with Crippen molar-refractivity contribution < 1.29 is 19.1 Å². The van der Waals surface area contributed by atoms with Gasteiger partial charge < -0.3 is 25.4 Å². The minimum Gasteiger partial charge on any atom is -0.494 e. The van der Waals surface area contributed by atoms with E-state index in [2.05, 4.69) is 24.4 Å². The van der Waals surface area contributed by atoms with Crippen molar-refractivity contribution >= 4 is 23.7 Å². The molecule has 4 rings (SSSR count). The van der Waals surface area contributed by atoms with Crippen LogP contribution in [0.2, 0.25) is 0 Å². The number of likely N-dealkylation sites (tertiary alicyclic amines) is 1. The first-order valence-corrected chi connectivity index (χ1v) is 13.9. The first-order chi connectivity index (χ1) is 19.0. The van der Waals surface area contributed by atoms with Crippen molar-refractivity contribution in [2.45, 2.75) is 57.7 Å². The van der Waals surface area contributed by atoms with E-state index in [-0.39, 0.29) is 24.0 Å². The molecule has 1 amide bonds. The Bertz CT molecular complexity index is 1150. The third kappa shape index (κ3) is 7.69. The van der Waals surface area contributed by atoms with Crippen LogP contribution in [-0.4, -0.2) is 55.8 Å². The number of hydrogen-bond donors (Lipinski definition) is 2. The summed E-state index contributed by atoms with van der Waals surface area (Å²) in [6, 6.07) is 15.5. The Morgan fingerprint density at radius 2 is 1.77 bits per heavy atom. The molecule has 0 aromatic heterocycles. The van der Waals surface area contributed by atoms with Crippen LogP contribution in [0.25, 0.3) is 5.57 Å². The predicted molar refractivity (Wildman–Crippen MR) is 153 cm³/mol. The number of methoxy groups -OCH3 is 1. The van der Waals surface area contributed by atoms with Gasteiger partial charge in [0, 0.05) is 31.1 Å². The smallest absolute Gasteiger partial charge is 0.312 e. The van der Waals surface area contributed by atoms with Crippen LogP contribution in [0, 0.1) is 5.92 Å². The molecule has 0 aliphatic carbocycles. The minimum atomic E-state index is -0.645. The van der Waals surface area contributed by atoms with Gasteiger partial charge in [-0.15, -0.1) is 0 Å². The molecule has 1 fully saturated rings. The van der Waals surface area contributed by atoms with Crippen molar-refractivity contribution in [1.29, 1.82) is 0 Å². The van der Waals surface area contributed by atoms with Crippen LogP contribution in [0.15, 0.2) is 59.7 Å². The van der Waals surface area contributed by atoms with E-state index in [1.165, 1.54) is 32.8 Å². The van der Waals surface area contributed by atoms with Crippen molar-refractivity contribution in [2.75, 3.05) is 26.8 Å². The number of esters is 1. The third-order valence-corrected chi connectivity index (χ3v) is 7.26. The minimum absolute atomic E-state index is 0.141. The van der Waals surface area contributed by atoms with Gasteiger partial charge >= 0.3 is 5.97 Å². The molecule has 0 radical (unpaired) electrons. The molecule has 0 bridgehead atoms. The molecule has 3 N–H and O–H groups in total. The lowest BCUT2D eigenvalue weighted by Gasteiger charge is -2.38. The lowest BCUT2D eigenvalue weighted by molar-refractivity contribution is -0.156. The summed E-state index contributed by atoms with van der Waals surface area (Å²) >= 11 is 0. The number of amides is 1. The molecular weight excluding hydrogens is 492 g/mol. The maximum Gasteiger partial charge on any atom is 0.312 e. The zero-order valence-electron chi connectivity index (χ0n) is 23.0. The quantitative estimate of drug-likeness (QED) is 0.295. The fourth-order valence-corrected chi connectivity index (χ4v) is 4.77. The Labute approximate surface area is 231 Å². The maximum absolute atomic E-state index is 12.6. The van der Waals surface area contributed by atoms with Crippen LogP contribution >= 0.6 is 0 Å². The van der Waals surface area contributed by atoms with E-state index >= 15 is 0 Å². The Balaban J connectivity index is 1.22. The predicted octanol–water partition coefficient (Wildman–Crippen LogP) is 4.25. The topological polar surface area (TPSA) is 106 Å². The first kappa shape index (κ1) is 28.4. The Hall–Kier alpha value is -3.65. The number of rotatable bonds is 13. The molecule has 2 aromatic carbocycles. The SMILES string of the molecule is CCCCCCCOc1ccc(C2=CNC(c3ccc(C[C@H](N)C(=O)N4CC(C(=O)OC)C4)cc3)N=C2)cc1. The van der Waals surface area contributed by atoms with Gasteiger partial charge in [0.25, 0.3) is 0 Å². The molecule has 39 heavy (non-hydrogen) atoms. The average Bonchev–Trinajstić information content (AvgIpc) is 2.94. The third-order valence-electron chi connectivity index (χ3n) is 7.26. The second-order valence-corrected chi connectivity index (χ2v) is 10.2. The molecular formula is C31H40N4O4. The number of allylic oxidation sites excluding steroid dienone is 1. The van der Waals surface area contributed by atoms with Gasteiger partial charge in [0.1, 0.15) is 11.9 Å². The average molecular weight is 533 g/mol. The summed E-state index contributed by atoms with van der Waals surface area (Å²) in [4.78, 5) is 30.4. The van der Waals surface area contributed by atoms with Crippen LogP contribution in [0.4, 0.5) is 0 Å². The molecule has 2 atom stereocenters. The fourth-order valence-electron chi connectivity index (χ4n) is 4.77. The lowest BCUT2D eigenvalue weighted by Crippen LogP contribution is -2.57. The molecule has 0 spiro atoms. The number of aliphatic imine (C=N–C) groups is 1. The van der Waals surface area contributed by atoms with Gasteiger partial charge in [-0.05, 0) is 41.7 Å². The van der Waals surface area contributed by atoms with Gasteiger partial charge in [0.05, 0.1) is 25.7 Å². The van der Waals surface area contributed by atoms with Crippen LogP contribution in [0.3, 0.4) is 0 Å². The first-order valence-electron chi connectivity index (χ1n) is 13.9. The van der Waals surface area contributed by atoms with E-state index in [1.54, 1.807) is 4.90 Å². The monoisotopic (exact) mass is 532 g/mol. The van der Waals surface area contributed by atoms with E-state index in [0.29, 0.717) is 19.5 Å². The summed E-state index contributed by atoms with van der Waals surface area (Å²) < 4.78 is 10.6. The highest BCUT2D eigenvalue weighted by Gasteiger charge is 2.38. The number of nitrogens with zero attached hydrogens (tertiary/aromatic N) is 2. The number of carbonyl (C=O) groups excluding carboxylic acids is 2. The summed E-state index contributed by atoms with van der Waals surface area (Å²) in [5, 5.41) is 3.37. The highest BCUT2D eigenvalue weighted by molar-refractivity contribution is 6.10. The number of benzene rings is 2. The Morgan fingerprint density at radius 1 is 1.05 bits per heavy atom. The normalized spacial score (nSPS) is 17.6. The molecule has 8 heteroatoms. The molecule has 0 saturated carbocycles. The number of ether oxygens (including phenoxy) is 2. The highest BCUT2D eigenvalue weighted by atomic mass is 16.5. The van der Waals surface area contributed by atoms with Gasteiger partial charge in [-0.25, -0.2) is 0 Å². The molecule has 2 aromatic rings. The zero-order valence-corrected chi connectivity index (χ0v) is 23.0. The van der Waals surface area contributed by atoms with Crippen LogP contribution < -0.4 is 15.8 Å². The number of nitrogens with two attached hydrogens (primary N) is 1. The lowest BCUT2D eigenvalue weighted by atomic mass is 9.97. The van der Waals surface area contributed by atoms with Crippen molar-refractivity contribution in [3.8, 4) is 5.75 Å². The maximum atomic E-state index is 12.6. The van der Waals surface area contributed by atoms with E-state index in [1.807, 2.05) is 48.8 Å². The summed E-state index contributed by atoms with van der Waals surface area (Å²) in [5.41, 5.74) is 10.3. The van der Waals surface area contributed by atoms with Crippen molar-refractivity contribution in [2.24, 2.45) is 16.6 Å². The van der Waals surface area contributed by atoms with E-state index in [0.717, 1.165) is 41.0 Å². The second kappa shape index (κ2) is 13.9. The van der Waals surface area contributed by atoms with E-state index < -0.39 is 6.04 Å².